The zero-order chi connectivity index (χ0) is 14.7. The van der Waals surface area contributed by atoms with Crippen molar-refractivity contribution in [2.45, 2.75) is 9.79 Å². The minimum absolute atomic E-state index is 0.0261. The number of carbonyl (C=O) groups excluding carboxylic acids is 1. The number of rotatable bonds is 4. The molecule has 20 heavy (non-hydrogen) atoms. The third-order valence-electron chi connectivity index (χ3n) is 2.44. The van der Waals surface area contributed by atoms with Crippen LogP contribution in [0.25, 0.3) is 0 Å². The molecule has 0 aromatic heterocycles. The molecule has 0 bridgehead atoms. The van der Waals surface area contributed by atoms with Gasteiger partial charge in [0.1, 0.15) is 0 Å². The lowest BCUT2D eigenvalue weighted by molar-refractivity contribution is -0.385. The molecule has 2 aromatic carbocycles. The molecule has 0 radical (unpaired) electrons. The number of halogens is 2. The van der Waals surface area contributed by atoms with Crippen molar-refractivity contribution < 1.29 is 9.72 Å². The minimum atomic E-state index is -0.593. The molecule has 0 aliphatic carbocycles. The smallest absolute Gasteiger partial charge is 0.279 e. The molecule has 4 nitrogen and oxygen atoms in total. The van der Waals surface area contributed by atoms with Crippen molar-refractivity contribution in [2.75, 3.05) is 0 Å². The highest BCUT2D eigenvalue weighted by Crippen LogP contribution is 2.36. The normalized spacial score (nSPS) is 10.3. The Morgan fingerprint density at radius 1 is 1.15 bits per heavy atom. The molecular weight excluding hydrogens is 321 g/mol. The molecule has 0 N–H and O–H groups in total. The van der Waals surface area contributed by atoms with Crippen LogP contribution in [0.2, 0.25) is 10.0 Å². The summed E-state index contributed by atoms with van der Waals surface area (Å²) in [5.74, 6) is 0. The fraction of sp³-hybridized carbons (Fsp3) is 0. The van der Waals surface area contributed by atoms with Gasteiger partial charge in [0.05, 0.1) is 15.5 Å². The lowest BCUT2D eigenvalue weighted by atomic mass is 10.2. The Labute approximate surface area is 128 Å². The highest BCUT2D eigenvalue weighted by Gasteiger charge is 2.14. The van der Waals surface area contributed by atoms with Gasteiger partial charge in [-0.3, -0.25) is 14.9 Å². The summed E-state index contributed by atoms with van der Waals surface area (Å²) >= 11 is 13.2. The first-order valence-corrected chi connectivity index (χ1v) is 6.95. The van der Waals surface area contributed by atoms with Crippen molar-refractivity contribution >= 4 is 46.9 Å². The summed E-state index contributed by atoms with van der Waals surface area (Å²) in [7, 11) is 0. The summed E-state index contributed by atoms with van der Waals surface area (Å²) in [5, 5.41) is 11.8. The highest BCUT2D eigenvalue weighted by atomic mass is 35.5. The van der Waals surface area contributed by atoms with Crippen LogP contribution in [0, 0.1) is 10.1 Å². The van der Waals surface area contributed by atoms with Gasteiger partial charge in [-0.25, -0.2) is 0 Å². The SMILES string of the molecule is O=Cc1cc(Sc2cc(Cl)ccc2Cl)ccc1[N+](=O)[O-]. The van der Waals surface area contributed by atoms with Crippen LogP contribution in [0.15, 0.2) is 46.2 Å². The molecule has 0 saturated heterocycles. The fourth-order valence-electron chi connectivity index (χ4n) is 1.54. The molecule has 0 unspecified atom stereocenters. The molecule has 0 aliphatic rings. The molecule has 2 aromatic rings. The number of nitro groups is 1. The number of nitrogens with zero attached hydrogens (tertiary/aromatic N) is 1. The second kappa shape index (κ2) is 6.26. The number of nitro benzene ring substituents is 1. The Morgan fingerprint density at radius 2 is 1.90 bits per heavy atom. The van der Waals surface area contributed by atoms with Gasteiger partial charge in [0.25, 0.3) is 5.69 Å². The summed E-state index contributed by atoms with van der Waals surface area (Å²) in [5.41, 5.74) is -0.195. The quantitative estimate of drug-likeness (QED) is 0.456. The minimum Gasteiger partial charge on any atom is -0.298 e. The average Bonchev–Trinajstić information content (AvgIpc) is 2.42. The zero-order valence-corrected chi connectivity index (χ0v) is 12.2. The van der Waals surface area contributed by atoms with E-state index >= 15 is 0 Å². The third-order valence-corrected chi connectivity index (χ3v) is 4.17. The molecule has 0 atom stereocenters. The monoisotopic (exact) mass is 327 g/mol. The summed E-state index contributed by atoms with van der Waals surface area (Å²) < 4.78 is 0. The standard InChI is InChI=1S/C13H7Cl2NO3S/c14-9-1-3-11(15)13(6-9)20-10-2-4-12(16(18)19)8(5-10)7-17/h1-7H. The van der Waals surface area contributed by atoms with Crippen LogP contribution < -0.4 is 0 Å². The number of aldehydes is 1. The van der Waals surface area contributed by atoms with Gasteiger partial charge < -0.3 is 0 Å². The molecule has 0 saturated carbocycles. The van der Waals surface area contributed by atoms with Crippen LogP contribution in [0.1, 0.15) is 10.4 Å². The maximum atomic E-state index is 10.9. The van der Waals surface area contributed by atoms with E-state index in [0.717, 1.165) is 0 Å². The van der Waals surface area contributed by atoms with Gasteiger partial charge in [-0.2, -0.15) is 0 Å². The first kappa shape index (κ1) is 14.8. The van der Waals surface area contributed by atoms with Gasteiger partial charge in [0.2, 0.25) is 0 Å². The first-order valence-electron chi connectivity index (χ1n) is 5.38. The van der Waals surface area contributed by atoms with Gasteiger partial charge in [0.15, 0.2) is 6.29 Å². The molecule has 2 rings (SSSR count). The summed E-state index contributed by atoms with van der Waals surface area (Å²) in [4.78, 5) is 22.4. The molecule has 7 heteroatoms. The highest BCUT2D eigenvalue weighted by molar-refractivity contribution is 7.99. The maximum Gasteiger partial charge on any atom is 0.279 e. The second-order valence-electron chi connectivity index (χ2n) is 3.77. The van der Waals surface area contributed by atoms with E-state index in [0.29, 0.717) is 26.1 Å². The summed E-state index contributed by atoms with van der Waals surface area (Å²) in [6.45, 7) is 0. The average molecular weight is 328 g/mol. The molecular formula is C13H7Cl2NO3S. The largest absolute Gasteiger partial charge is 0.298 e. The number of hydrogen-bond donors (Lipinski definition) is 0. The Hall–Kier alpha value is -1.56. The van der Waals surface area contributed by atoms with Crippen molar-refractivity contribution in [3.63, 3.8) is 0 Å². The Morgan fingerprint density at radius 3 is 2.55 bits per heavy atom. The lowest BCUT2D eigenvalue weighted by Crippen LogP contribution is -1.94. The van der Waals surface area contributed by atoms with E-state index in [1.54, 1.807) is 24.3 Å². The molecule has 0 fully saturated rings. The fourth-order valence-corrected chi connectivity index (χ4v) is 2.94. The number of hydrogen-bond acceptors (Lipinski definition) is 4. The third kappa shape index (κ3) is 3.30. The maximum absolute atomic E-state index is 10.9. The van der Waals surface area contributed by atoms with E-state index in [4.69, 9.17) is 23.2 Å². The zero-order valence-electron chi connectivity index (χ0n) is 9.88. The summed E-state index contributed by atoms with van der Waals surface area (Å²) in [6, 6.07) is 9.33. The Balaban J connectivity index is 2.37. The van der Waals surface area contributed by atoms with Gasteiger partial charge in [-0.1, -0.05) is 35.0 Å². The molecule has 0 amide bonds. The van der Waals surface area contributed by atoms with E-state index in [-0.39, 0.29) is 11.3 Å². The van der Waals surface area contributed by atoms with Crippen molar-refractivity contribution in [3.05, 3.63) is 62.1 Å². The Bertz CT molecular complexity index is 691. The van der Waals surface area contributed by atoms with Crippen LogP contribution in [-0.2, 0) is 0 Å². The predicted octanol–water partition coefficient (Wildman–Crippen LogP) is 4.87. The predicted molar refractivity (Wildman–Crippen MR) is 79.1 cm³/mol. The summed E-state index contributed by atoms with van der Waals surface area (Å²) in [6.07, 6.45) is 0.460. The van der Waals surface area contributed by atoms with E-state index in [9.17, 15) is 14.9 Å². The van der Waals surface area contributed by atoms with Gasteiger partial charge in [-0.05, 0) is 30.3 Å². The Kier molecular flexibility index (Phi) is 4.65. The first-order chi connectivity index (χ1) is 9.51. The number of carbonyl (C=O) groups is 1. The molecule has 0 heterocycles. The van der Waals surface area contributed by atoms with E-state index in [1.807, 2.05) is 0 Å². The number of benzene rings is 2. The van der Waals surface area contributed by atoms with Gasteiger partial charge in [0, 0.05) is 20.9 Å². The van der Waals surface area contributed by atoms with Crippen LogP contribution in [0.4, 0.5) is 5.69 Å². The van der Waals surface area contributed by atoms with Crippen LogP contribution in [-0.4, -0.2) is 11.2 Å². The van der Waals surface area contributed by atoms with Crippen molar-refractivity contribution in [1.29, 1.82) is 0 Å². The van der Waals surface area contributed by atoms with Crippen molar-refractivity contribution in [3.8, 4) is 0 Å². The topological polar surface area (TPSA) is 60.2 Å². The lowest BCUT2D eigenvalue weighted by Gasteiger charge is -2.05. The van der Waals surface area contributed by atoms with E-state index < -0.39 is 4.92 Å². The van der Waals surface area contributed by atoms with Crippen molar-refractivity contribution in [2.24, 2.45) is 0 Å². The van der Waals surface area contributed by atoms with Gasteiger partial charge in [-0.15, -0.1) is 0 Å². The van der Waals surface area contributed by atoms with Crippen LogP contribution in [0.5, 0.6) is 0 Å². The second-order valence-corrected chi connectivity index (χ2v) is 5.73. The van der Waals surface area contributed by atoms with Crippen molar-refractivity contribution in [1.82, 2.24) is 0 Å². The molecule has 102 valence electrons. The molecule has 0 spiro atoms. The van der Waals surface area contributed by atoms with Crippen LogP contribution >= 0.6 is 35.0 Å². The van der Waals surface area contributed by atoms with Gasteiger partial charge >= 0.3 is 0 Å². The van der Waals surface area contributed by atoms with Crippen LogP contribution in [0.3, 0.4) is 0 Å². The van der Waals surface area contributed by atoms with E-state index in [2.05, 4.69) is 0 Å². The molecule has 0 aliphatic heterocycles. The van der Waals surface area contributed by atoms with E-state index in [1.165, 1.54) is 23.9 Å².